The van der Waals surface area contributed by atoms with E-state index in [4.69, 9.17) is 9.84 Å². The van der Waals surface area contributed by atoms with Gasteiger partial charge in [0.2, 0.25) is 0 Å². The minimum atomic E-state index is -0.0140. The highest BCUT2D eigenvalue weighted by Crippen LogP contribution is 1.93. The van der Waals surface area contributed by atoms with E-state index in [-0.39, 0.29) is 5.95 Å². The van der Waals surface area contributed by atoms with Crippen molar-refractivity contribution in [1.29, 1.82) is 0 Å². The topological polar surface area (TPSA) is 29.5 Å². The molecule has 0 unspecified atom stereocenters. The molecule has 0 aliphatic heterocycles. The van der Waals surface area contributed by atoms with Crippen molar-refractivity contribution in [2.45, 2.75) is 26.7 Å². The Kier molecular flexibility index (Phi) is 6.59. The van der Waals surface area contributed by atoms with Gasteiger partial charge in [-0.15, -0.1) is 0 Å². The van der Waals surface area contributed by atoms with E-state index in [1.54, 1.807) is 12.2 Å². The van der Waals surface area contributed by atoms with Gasteiger partial charge in [0.1, 0.15) is 0 Å². The summed E-state index contributed by atoms with van der Waals surface area (Å²) < 4.78 is 4.79. The molecule has 0 rings (SSSR count). The second-order valence-electron chi connectivity index (χ2n) is 2.15. The number of aliphatic hydroxyl groups excluding tert-OH is 1. The van der Waals surface area contributed by atoms with Crippen LogP contribution in [-0.4, -0.2) is 11.7 Å². The number of allylic oxidation sites excluding steroid dienone is 3. The van der Waals surface area contributed by atoms with E-state index in [9.17, 15) is 0 Å². The molecule has 0 fully saturated rings. The lowest BCUT2D eigenvalue weighted by Crippen LogP contribution is -1.87. The molecule has 0 aromatic rings. The zero-order chi connectivity index (χ0) is 8.53. The van der Waals surface area contributed by atoms with Crippen LogP contribution < -0.4 is 0 Å². The molecular formula is C9H16O2. The molecule has 0 heterocycles. The summed E-state index contributed by atoms with van der Waals surface area (Å²) in [5.74, 6) is -0.0140. The second-order valence-corrected chi connectivity index (χ2v) is 2.15. The summed E-state index contributed by atoms with van der Waals surface area (Å²) in [6.07, 6.45) is 7.51. The fourth-order valence-corrected chi connectivity index (χ4v) is 0.609. The van der Waals surface area contributed by atoms with Gasteiger partial charge in [0.25, 0.3) is 5.95 Å². The molecule has 0 aromatic carbocycles. The van der Waals surface area contributed by atoms with Gasteiger partial charge in [-0.3, -0.25) is 0 Å². The van der Waals surface area contributed by atoms with Crippen LogP contribution in [0.4, 0.5) is 0 Å². The standard InChI is InChI=1S/C9H16O2/c1-3-5-6-7-8-9(10)11-4-2/h6-8,10H,3-5H2,1-2H3/b7-6-,9-8+. The van der Waals surface area contributed by atoms with E-state index in [0.717, 1.165) is 12.8 Å². The lowest BCUT2D eigenvalue weighted by Gasteiger charge is -1.96. The highest BCUT2D eigenvalue weighted by Gasteiger charge is 1.84. The second kappa shape index (κ2) is 7.19. The van der Waals surface area contributed by atoms with Gasteiger partial charge in [0, 0.05) is 6.08 Å². The first-order chi connectivity index (χ1) is 5.31. The van der Waals surface area contributed by atoms with Crippen molar-refractivity contribution >= 4 is 0 Å². The van der Waals surface area contributed by atoms with Crippen molar-refractivity contribution in [2.24, 2.45) is 0 Å². The van der Waals surface area contributed by atoms with E-state index in [1.807, 2.05) is 13.0 Å². The summed E-state index contributed by atoms with van der Waals surface area (Å²) in [4.78, 5) is 0. The maximum Gasteiger partial charge on any atom is 0.276 e. The molecule has 64 valence electrons. The monoisotopic (exact) mass is 156 g/mol. The fraction of sp³-hybridized carbons (Fsp3) is 0.556. The fourth-order valence-electron chi connectivity index (χ4n) is 0.609. The zero-order valence-electron chi connectivity index (χ0n) is 7.21. The SMILES string of the molecule is CCC/C=C\C=C(/O)OCC. The Morgan fingerprint density at radius 3 is 2.73 bits per heavy atom. The average molecular weight is 156 g/mol. The molecule has 1 N–H and O–H groups in total. The first-order valence-corrected chi connectivity index (χ1v) is 3.99. The van der Waals surface area contributed by atoms with Gasteiger partial charge in [-0.1, -0.05) is 25.5 Å². The quantitative estimate of drug-likeness (QED) is 0.490. The molecule has 0 saturated heterocycles. The average Bonchev–Trinajstić information content (AvgIpc) is 1.99. The number of unbranched alkanes of at least 4 members (excludes halogenated alkanes) is 1. The highest BCUT2D eigenvalue weighted by atomic mass is 16.6. The van der Waals surface area contributed by atoms with Gasteiger partial charge in [0.05, 0.1) is 6.61 Å². The van der Waals surface area contributed by atoms with Crippen LogP contribution in [0.15, 0.2) is 24.2 Å². The van der Waals surface area contributed by atoms with E-state index in [0.29, 0.717) is 6.61 Å². The predicted molar refractivity (Wildman–Crippen MR) is 46.4 cm³/mol. The molecule has 11 heavy (non-hydrogen) atoms. The Morgan fingerprint density at radius 1 is 1.45 bits per heavy atom. The first kappa shape index (κ1) is 10.1. The molecule has 0 aliphatic carbocycles. The Morgan fingerprint density at radius 2 is 2.18 bits per heavy atom. The maximum atomic E-state index is 8.94. The maximum absolute atomic E-state index is 8.94. The van der Waals surface area contributed by atoms with E-state index < -0.39 is 0 Å². The van der Waals surface area contributed by atoms with Crippen LogP contribution in [-0.2, 0) is 4.74 Å². The largest absolute Gasteiger partial charge is 0.481 e. The van der Waals surface area contributed by atoms with Crippen LogP contribution in [0.2, 0.25) is 0 Å². The molecule has 0 saturated carbocycles. The molecule has 0 aliphatic rings. The van der Waals surface area contributed by atoms with Gasteiger partial charge in [-0.25, -0.2) is 0 Å². The lowest BCUT2D eigenvalue weighted by molar-refractivity contribution is 0.103. The normalized spacial score (nSPS) is 12.4. The highest BCUT2D eigenvalue weighted by molar-refractivity contribution is 5.02. The minimum Gasteiger partial charge on any atom is -0.481 e. The van der Waals surface area contributed by atoms with Gasteiger partial charge in [-0.2, -0.15) is 0 Å². The van der Waals surface area contributed by atoms with Crippen LogP contribution in [0.1, 0.15) is 26.7 Å². The molecule has 0 radical (unpaired) electrons. The molecule has 0 spiro atoms. The summed E-state index contributed by atoms with van der Waals surface area (Å²) in [6, 6.07) is 0. The molecule has 0 bridgehead atoms. The predicted octanol–water partition coefficient (Wildman–Crippen LogP) is 2.78. The Balaban J connectivity index is 3.53. The lowest BCUT2D eigenvalue weighted by atomic mass is 10.3. The van der Waals surface area contributed by atoms with Crippen molar-refractivity contribution in [1.82, 2.24) is 0 Å². The summed E-state index contributed by atoms with van der Waals surface area (Å²) >= 11 is 0. The van der Waals surface area contributed by atoms with Gasteiger partial charge in [0.15, 0.2) is 0 Å². The number of ether oxygens (including phenoxy) is 1. The summed E-state index contributed by atoms with van der Waals surface area (Å²) in [5, 5.41) is 8.94. The number of hydrogen-bond donors (Lipinski definition) is 1. The minimum absolute atomic E-state index is 0.0140. The third-order valence-electron chi connectivity index (χ3n) is 1.12. The van der Waals surface area contributed by atoms with Crippen LogP contribution in [0, 0.1) is 0 Å². The molecule has 0 aromatic heterocycles. The number of aliphatic hydroxyl groups is 1. The summed E-state index contributed by atoms with van der Waals surface area (Å²) in [7, 11) is 0. The molecular weight excluding hydrogens is 140 g/mol. The molecule has 0 atom stereocenters. The van der Waals surface area contributed by atoms with Crippen molar-refractivity contribution < 1.29 is 9.84 Å². The van der Waals surface area contributed by atoms with Gasteiger partial charge >= 0.3 is 0 Å². The third-order valence-corrected chi connectivity index (χ3v) is 1.12. The van der Waals surface area contributed by atoms with E-state index >= 15 is 0 Å². The van der Waals surface area contributed by atoms with Crippen molar-refractivity contribution in [2.75, 3.05) is 6.61 Å². The number of hydrogen-bond acceptors (Lipinski definition) is 2. The van der Waals surface area contributed by atoms with E-state index in [2.05, 4.69) is 6.92 Å². The smallest absolute Gasteiger partial charge is 0.276 e. The molecule has 2 heteroatoms. The zero-order valence-corrected chi connectivity index (χ0v) is 7.21. The summed E-state index contributed by atoms with van der Waals surface area (Å²) in [6.45, 7) is 4.44. The molecule has 2 nitrogen and oxygen atoms in total. The van der Waals surface area contributed by atoms with Crippen molar-refractivity contribution in [3.63, 3.8) is 0 Å². The van der Waals surface area contributed by atoms with Crippen molar-refractivity contribution in [3.05, 3.63) is 24.2 Å². The van der Waals surface area contributed by atoms with Gasteiger partial charge < -0.3 is 9.84 Å². The van der Waals surface area contributed by atoms with Crippen LogP contribution in [0.3, 0.4) is 0 Å². The van der Waals surface area contributed by atoms with Crippen LogP contribution in [0.5, 0.6) is 0 Å². The van der Waals surface area contributed by atoms with Crippen molar-refractivity contribution in [3.8, 4) is 0 Å². The summed E-state index contributed by atoms with van der Waals surface area (Å²) in [5.41, 5.74) is 0. The van der Waals surface area contributed by atoms with Gasteiger partial charge in [-0.05, 0) is 13.3 Å². The number of rotatable bonds is 5. The van der Waals surface area contributed by atoms with Crippen LogP contribution >= 0.6 is 0 Å². The Hall–Kier alpha value is -0.920. The Labute approximate surface area is 68.2 Å². The van der Waals surface area contributed by atoms with E-state index in [1.165, 1.54) is 0 Å². The molecule has 0 amide bonds. The third kappa shape index (κ3) is 6.97. The first-order valence-electron chi connectivity index (χ1n) is 3.99. The Bertz CT molecular complexity index is 136. The van der Waals surface area contributed by atoms with Crippen LogP contribution in [0.25, 0.3) is 0 Å².